The summed E-state index contributed by atoms with van der Waals surface area (Å²) in [6.45, 7) is 0. The SMILES string of the molecule is N#Cc1nnc2ccccc2c1NC1CCCCC1O. The Kier molecular flexibility index (Phi) is 3.48. The van der Waals surface area contributed by atoms with E-state index in [0.29, 0.717) is 5.69 Å². The van der Waals surface area contributed by atoms with Crippen molar-refractivity contribution in [3.8, 4) is 6.07 Å². The van der Waals surface area contributed by atoms with E-state index < -0.39 is 0 Å². The second-order valence-corrected chi connectivity index (χ2v) is 5.16. The molecular formula is C15H16N4O. The minimum absolute atomic E-state index is 0.0246. The first-order valence-electron chi connectivity index (χ1n) is 6.89. The van der Waals surface area contributed by atoms with Crippen LogP contribution in [0.1, 0.15) is 31.4 Å². The zero-order chi connectivity index (χ0) is 13.9. The highest BCUT2D eigenvalue weighted by molar-refractivity contribution is 5.92. The third kappa shape index (κ3) is 2.30. The second-order valence-electron chi connectivity index (χ2n) is 5.16. The van der Waals surface area contributed by atoms with Crippen molar-refractivity contribution in [1.29, 1.82) is 5.26 Å². The van der Waals surface area contributed by atoms with Crippen molar-refractivity contribution < 1.29 is 5.11 Å². The minimum Gasteiger partial charge on any atom is -0.391 e. The molecule has 0 amide bonds. The van der Waals surface area contributed by atoms with Crippen molar-refractivity contribution in [3.63, 3.8) is 0 Å². The standard InChI is InChI=1S/C15H16N4O/c16-9-13-15(17-12-7-3-4-8-14(12)20)10-5-1-2-6-11(10)18-19-13/h1-2,5-6,12,14,20H,3-4,7-8H2,(H,17,18). The van der Waals surface area contributed by atoms with Gasteiger partial charge >= 0.3 is 0 Å². The van der Waals surface area contributed by atoms with Gasteiger partial charge in [-0.2, -0.15) is 5.26 Å². The molecule has 2 atom stereocenters. The number of hydrogen-bond acceptors (Lipinski definition) is 5. The number of nitrogens with zero attached hydrogens (tertiary/aromatic N) is 3. The Balaban J connectivity index is 2.02. The first-order chi connectivity index (χ1) is 9.79. The number of hydrogen-bond donors (Lipinski definition) is 2. The van der Waals surface area contributed by atoms with Gasteiger partial charge < -0.3 is 10.4 Å². The molecule has 5 nitrogen and oxygen atoms in total. The average Bonchev–Trinajstić information content (AvgIpc) is 2.50. The predicted octanol–water partition coefficient (Wildman–Crippen LogP) is 2.22. The zero-order valence-electron chi connectivity index (χ0n) is 11.1. The normalized spacial score (nSPS) is 22.4. The summed E-state index contributed by atoms with van der Waals surface area (Å²) in [7, 11) is 0. The lowest BCUT2D eigenvalue weighted by Gasteiger charge is -2.29. The molecular weight excluding hydrogens is 252 g/mol. The van der Waals surface area contributed by atoms with Crippen molar-refractivity contribution in [2.75, 3.05) is 5.32 Å². The zero-order valence-corrected chi connectivity index (χ0v) is 11.1. The molecule has 1 aliphatic rings. The summed E-state index contributed by atoms with van der Waals surface area (Å²) in [4.78, 5) is 0. The maximum Gasteiger partial charge on any atom is 0.186 e. The molecule has 1 heterocycles. The third-order valence-corrected chi connectivity index (χ3v) is 3.83. The van der Waals surface area contributed by atoms with Crippen LogP contribution in [0, 0.1) is 11.3 Å². The van der Waals surface area contributed by atoms with Crippen LogP contribution >= 0.6 is 0 Å². The van der Waals surface area contributed by atoms with E-state index in [9.17, 15) is 10.4 Å². The number of aliphatic hydroxyl groups excluding tert-OH is 1. The molecule has 1 aliphatic carbocycles. The van der Waals surface area contributed by atoms with Crippen LogP contribution in [0.15, 0.2) is 24.3 Å². The summed E-state index contributed by atoms with van der Waals surface area (Å²) in [5, 5.41) is 31.5. The van der Waals surface area contributed by atoms with Crippen molar-refractivity contribution in [1.82, 2.24) is 10.2 Å². The lowest BCUT2D eigenvalue weighted by Crippen LogP contribution is -2.36. The number of aromatic nitrogens is 2. The second kappa shape index (κ2) is 5.43. The van der Waals surface area contributed by atoms with Gasteiger partial charge in [0, 0.05) is 5.39 Å². The Morgan fingerprint density at radius 1 is 1.20 bits per heavy atom. The number of aliphatic hydroxyl groups is 1. The van der Waals surface area contributed by atoms with Gasteiger partial charge in [0.05, 0.1) is 23.3 Å². The number of nitriles is 1. The lowest BCUT2D eigenvalue weighted by atomic mass is 9.92. The van der Waals surface area contributed by atoms with Crippen LogP contribution in [0.3, 0.4) is 0 Å². The van der Waals surface area contributed by atoms with Crippen LogP contribution in [0.25, 0.3) is 10.9 Å². The van der Waals surface area contributed by atoms with E-state index >= 15 is 0 Å². The Morgan fingerprint density at radius 2 is 2.00 bits per heavy atom. The van der Waals surface area contributed by atoms with E-state index in [-0.39, 0.29) is 17.8 Å². The largest absolute Gasteiger partial charge is 0.391 e. The maximum atomic E-state index is 10.1. The molecule has 1 saturated carbocycles. The quantitative estimate of drug-likeness (QED) is 0.872. The number of benzene rings is 1. The van der Waals surface area contributed by atoms with Crippen LogP contribution in [0.4, 0.5) is 5.69 Å². The van der Waals surface area contributed by atoms with E-state index in [1.165, 1.54) is 0 Å². The lowest BCUT2D eigenvalue weighted by molar-refractivity contribution is 0.116. The predicted molar refractivity (Wildman–Crippen MR) is 76.1 cm³/mol. The highest BCUT2D eigenvalue weighted by Gasteiger charge is 2.24. The molecule has 102 valence electrons. The first-order valence-corrected chi connectivity index (χ1v) is 6.89. The Labute approximate surface area is 117 Å². The van der Waals surface area contributed by atoms with Crippen molar-refractivity contribution in [3.05, 3.63) is 30.0 Å². The summed E-state index contributed by atoms with van der Waals surface area (Å²) < 4.78 is 0. The summed E-state index contributed by atoms with van der Waals surface area (Å²) >= 11 is 0. The van der Waals surface area contributed by atoms with Gasteiger partial charge in [0.2, 0.25) is 0 Å². The molecule has 2 unspecified atom stereocenters. The summed E-state index contributed by atoms with van der Waals surface area (Å²) in [5.41, 5.74) is 1.71. The number of nitrogens with one attached hydrogen (secondary N) is 1. The summed E-state index contributed by atoms with van der Waals surface area (Å²) in [6, 6.07) is 9.64. The molecule has 2 aromatic rings. The van der Waals surface area contributed by atoms with E-state index in [2.05, 4.69) is 21.6 Å². The van der Waals surface area contributed by atoms with Gasteiger partial charge in [-0.05, 0) is 18.9 Å². The topological polar surface area (TPSA) is 81.8 Å². The van der Waals surface area contributed by atoms with E-state index in [1.807, 2.05) is 24.3 Å². The van der Waals surface area contributed by atoms with Gasteiger partial charge in [-0.15, -0.1) is 10.2 Å². The Hall–Kier alpha value is -2.19. The molecule has 1 fully saturated rings. The Bertz CT molecular complexity index is 664. The van der Waals surface area contributed by atoms with Crippen LogP contribution in [0.2, 0.25) is 0 Å². The number of rotatable bonds is 2. The molecule has 0 saturated heterocycles. The monoisotopic (exact) mass is 268 g/mol. The van der Waals surface area contributed by atoms with Crippen LogP contribution in [-0.4, -0.2) is 27.4 Å². The summed E-state index contributed by atoms with van der Waals surface area (Å²) in [5.74, 6) is 0. The van der Waals surface area contributed by atoms with Crippen LogP contribution < -0.4 is 5.32 Å². The molecule has 5 heteroatoms. The summed E-state index contributed by atoms with van der Waals surface area (Å²) in [6.07, 6.45) is 3.48. The third-order valence-electron chi connectivity index (χ3n) is 3.83. The number of fused-ring (bicyclic) bond motifs is 1. The van der Waals surface area contributed by atoms with E-state index in [0.717, 1.165) is 36.6 Å². The smallest absolute Gasteiger partial charge is 0.186 e. The number of anilines is 1. The fourth-order valence-electron chi connectivity index (χ4n) is 2.74. The molecule has 0 spiro atoms. The molecule has 3 rings (SSSR count). The minimum atomic E-state index is -0.373. The van der Waals surface area contributed by atoms with E-state index in [4.69, 9.17) is 0 Å². The molecule has 1 aromatic heterocycles. The van der Waals surface area contributed by atoms with Gasteiger partial charge in [0.15, 0.2) is 5.69 Å². The maximum absolute atomic E-state index is 10.1. The molecule has 2 N–H and O–H groups in total. The van der Waals surface area contributed by atoms with Gasteiger partial charge in [-0.3, -0.25) is 0 Å². The van der Waals surface area contributed by atoms with Gasteiger partial charge in [0.1, 0.15) is 6.07 Å². The fourth-order valence-corrected chi connectivity index (χ4v) is 2.74. The Morgan fingerprint density at radius 3 is 2.80 bits per heavy atom. The molecule has 0 aliphatic heterocycles. The first kappa shape index (κ1) is 12.8. The van der Waals surface area contributed by atoms with Gasteiger partial charge in [0.25, 0.3) is 0 Å². The highest BCUT2D eigenvalue weighted by Crippen LogP contribution is 2.28. The fraction of sp³-hybridized carbons (Fsp3) is 0.400. The van der Waals surface area contributed by atoms with Crippen LogP contribution in [-0.2, 0) is 0 Å². The molecule has 20 heavy (non-hydrogen) atoms. The van der Waals surface area contributed by atoms with Crippen molar-refractivity contribution in [2.45, 2.75) is 37.8 Å². The average molecular weight is 268 g/mol. The van der Waals surface area contributed by atoms with Crippen molar-refractivity contribution >= 4 is 16.6 Å². The molecule has 1 aromatic carbocycles. The van der Waals surface area contributed by atoms with Gasteiger partial charge in [-0.1, -0.05) is 31.0 Å². The highest BCUT2D eigenvalue weighted by atomic mass is 16.3. The van der Waals surface area contributed by atoms with E-state index in [1.54, 1.807) is 0 Å². The van der Waals surface area contributed by atoms with Crippen LogP contribution in [0.5, 0.6) is 0 Å². The van der Waals surface area contributed by atoms with Gasteiger partial charge in [-0.25, -0.2) is 0 Å². The molecule has 0 radical (unpaired) electrons. The molecule has 0 bridgehead atoms. The van der Waals surface area contributed by atoms with Crippen molar-refractivity contribution in [2.24, 2.45) is 0 Å².